The molecule has 1 fully saturated rings. The third-order valence-electron chi connectivity index (χ3n) is 3.41. The van der Waals surface area contributed by atoms with Crippen LogP contribution in [0.15, 0.2) is 12.1 Å². The van der Waals surface area contributed by atoms with Crippen LogP contribution in [-0.2, 0) is 14.2 Å². The van der Waals surface area contributed by atoms with Crippen LogP contribution < -0.4 is 0 Å². The van der Waals surface area contributed by atoms with Crippen LogP contribution >= 0.6 is 11.3 Å². The molecule has 0 aliphatic carbocycles. The van der Waals surface area contributed by atoms with Crippen molar-refractivity contribution in [1.82, 2.24) is 0 Å². The minimum Gasteiger partial charge on any atom is -0.461 e. The third kappa shape index (κ3) is 4.28. The van der Waals surface area contributed by atoms with E-state index in [1.165, 1.54) is 11.3 Å². The lowest BCUT2D eigenvalue weighted by molar-refractivity contribution is -0.267. The van der Waals surface area contributed by atoms with Gasteiger partial charge in [0, 0.05) is 15.7 Å². The standard InChI is InChI=1S/C16H24O4S/c1-11-6-7-12(21-11)13(17)18-10-16(4,5)14-19-8-15(2,3)9-20-14/h6-7,14H,8-10H2,1-5H3. The van der Waals surface area contributed by atoms with Crippen molar-refractivity contribution in [2.24, 2.45) is 10.8 Å². The summed E-state index contributed by atoms with van der Waals surface area (Å²) in [5.41, 5.74) is -0.337. The predicted octanol–water partition coefficient (Wildman–Crippen LogP) is 3.64. The Labute approximate surface area is 130 Å². The van der Waals surface area contributed by atoms with E-state index in [0.717, 1.165) is 4.88 Å². The van der Waals surface area contributed by atoms with E-state index in [4.69, 9.17) is 14.2 Å². The number of hydrogen-bond acceptors (Lipinski definition) is 5. The Bertz CT molecular complexity index is 494. The highest BCUT2D eigenvalue weighted by molar-refractivity contribution is 7.13. The maximum Gasteiger partial charge on any atom is 0.348 e. The smallest absolute Gasteiger partial charge is 0.348 e. The second kappa shape index (κ2) is 6.07. The Balaban J connectivity index is 1.88. The van der Waals surface area contributed by atoms with Crippen molar-refractivity contribution >= 4 is 17.3 Å². The van der Waals surface area contributed by atoms with Gasteiger partial charge in [-0.3, -0.25) is 0 Å². The van der Waals surface area contributed by atoms with Gasteiger partial charge in [-0.1, -0.05) is 27.7 Å². The summed E-state index contributed by atoms with van der Waals surface area (Å²) in [6.07, 6.45) is -0.344. The van der Waals surface area contributed by atoms with E-state index >= 15 is 0 Å². The molecule has 5 heteroatoms. The molecule has 118 valence electrons. The molecule has 0 aromatic carbocycles. The van der Waals surface area contributed by atoms with Gasteiger partial charge in [0.2, 0.25) is 0 Å². The van der Waals surface area contributed by atoms with E-state index in [2.05, 4.69) is 13.8 Å². The molecule has 0 atom stereocenters. The van der Waals surface area contributed by atoms with E-state index in [0.29, 0.717) is 18.1 Å². The third-order valence-corrected chi connectivity index (χ3v) is 4.39. The van der Waals surface area contributed by atoms with E-state index in [1.807, 2.05) is 26.8 Å². The summed E-state index contributed by atoms with van der Waals surface area (Å²) in [4.78, 5) is 13.7. The molecule has 1 aromatic rings. The second-order valence-corrected chi connectivity index (χ2v) is 8.38. The Morgan fingerprint density at radius 1 is 1.38 bits per heavy atom. The number of carbonyl (C=O) groups is 1. The number of thiophene rings is 1. The predicted molar refractivity (Wildman–Crippen MR) is 82.6 cm³/mol. The molecule has 1 aromatic heterocycles. The van der Waals surface area contributed by atoms with Gasteiger partial charge in [0.05, 0.1) is 13.2 Å². The molecular weight excluding hydrogens is 288 g/mol. The van der Waals surface area contributed by atoms with Crippen LogP contribution in [0.2, 0.25) is 0 Å². The van der Waals surface area contributed by atoms with Crippen molar-refractivity contribution in [2.45, 2.75) is 40.9 Å². The van der Waals surface area contributed by atoms with E-state index in [-0.39, 0.29) is 29.7 Å². The van der Waals surface area contributed by atoms with Crippen LogP contribution in [0.25, 0.3) is 0 Å². The molecule has 0 unspecified atom stereocenters. The molecule has 2 rings (SSSR count). The molecular formula is C16H24O4S. The minimum atomic E-state index is -0.377. The first-order valence-corrected chi connectivity index (χ1v) is 7.98. The van der Waals surface area contributed by atoms with Gasteiger partial charge in [-0.2, -0.15) is 0 Å². The zero-order valence-corrected chi connectivity index (χ0v) is 14.2. The van der Waals surface area contributed by atoms with E-state index in [9.17, 15) is 4.79 Å². The number of ether oxygens (including phenoxy) is 3. The van der Waals surface area contributed by atoms with Crippen LogP contribution in [0.1, 0.15) is 42.2 Å². The van der Waals surface area contributed by atoms with E-state index in [1.54, 1.807) is 6.07 Å². The molecule has 0 amide bonds. The summed E-state index contributed by atoms with van der Waals surface area (Å²) >= 11 is 1.44. The van der Waals surface area contributed by atoms with Gasteiger partial charge in [-0.15, -0.1) is 11.3 Å². The highest BCUT2D eigenvalue weighted by Crippen LogP contribution is 2.32. The highest BCUT2D eigenvalue weighted by Gasteiger charge is 2.39. The van der Waals surface area contributed by atoms with Crippen molar-refractivity contribution in [3.05, 3.63) is 21.9 Å². The zero-order chi connectivity index (χ0) is 15.7. The molecule has 0 spiro atoms. The monoisotopic (exact) mass is 312 g/mol. The molecule has 4 nitrogen and oxygen atoms in total. The number of aryl methyl sites for hydroxylation is 1. The average Bonchev–Trinajstić information content (AvgIpc) is 2.82. The number of carbonyl (C=O) groups excluding carboxylic acids is 1. The van der Waals surface area contributed by atoms with Gasteiger partial charge >= 0.3 is 5.97 Å². The normalized spacial score (nSPS) is 19.5. The molecule has 0 saturated carbocycles. The molecule has 0 bridgehead atoms. The minimum absolute atomic E-state index is 0.0394. The van der Waals surface area contributed by atoms with Crippen molar-refractivity contribution in [2.75, 3.05) is 19.8 Å². The molecule has 0 radical (unpaired) electrons. The number of esters is 1. The second-order valence-electron chi connectivity index (χ2n) is 7.09. The van der Waals surface area contributed by atoms with Gasteiger partial charge in [0.15, 0.2) is 6.29 Å². The van der Waals surface area contributed by atoms with Gasteiger partial charge < -0.3 is 14.2 Å². The van der Waals surface area contributed by atoms with Crippen molar-refractivity contribution in [3.8, 4) is 0 Å². The van der Waals surface area contributed by atoms with Crippen molar-refractivity contribution in [3.63, 3.8) is 0 Å². The topological polar surface area (TPSA) is 44.8 Å². The van der Waals surface area contributed by atoms with Crippen LogP contribution in [0, 0.1) is 17.8 Å². The van der Waals surface area contributed by atoms with Crippen molar-refractivity contribution < 1.29 is 19.0 Å². The highest BCUT2D eigenvalue weighted by atomic mass is 32.1. The summed E-state index contributed by atoms with van der Waals surface area (Å²) < 4.78 is 17.0. The number of hydrogen-bond donors (Lipinski definition) is 0. The van der Waals surface area contributed by atoms with E-state index < -0.39 is 0 Å². The summed E-state index contributed by atoms with van der Waals surface area (Å²) in [6.45, 7) is 11.7. The lowest BCUT2D eigenvalue weighted by Crippen LogP contribution is -2.46. The van der Waals surface area contributed by atoms with Crippen LogP contribution in [0.4, 0.5) is 0 Å². The van der Waals surface area contributed by atoms with Crippen LogP contribution in [-0.4, -0.2) is 32.1 Å². The lowest BCUT2D eigenvalue weighted by Gasteiger charge is -2.41. The molecule has 1 aliphatic heterocycles. The summed E-state index contributed by atoms with van der Waals surface area (Å²) in [7, 11) is 0. The van der Waals surface area contributed by atoms with Crippen LogP contribution in [0.5, 0.6) is 0 Å². The molecule has 21 heavy (non-hydrogen) atoms. The first kappa shape index (κ1) is 16.5. The fourth-order valence-corrected chi connectivity index (χ4v) is 2.84. The Morgan fingerprint density at radius 3 is 2.52 bits per heavy atom. The fraction of sp³-hybridized carbons (Fsp3) is 0.688. The van der Waals surface area contributed by atoms with Gasteiger partial charge in [0.1, 0.15) is 11.5 Å². The SMILES string of the molecule is Cc1ccc(C(=O)OCC(C)(C)C2OCC(C)(C)CO2)s1. The summed E-state index contributed by atoms with van der Waals surface area (Å²) in [5.74, 6) is -0.280. The molecule has 1 saturated heterocycles. The first-order chi connectivity index (χ1) is 9.70. The molecule has 1 aliphatic rings. The first-order valence-electron chi connectivity index (χ1n) is 7.16. The fourth-order valence-electron chi connectivity index (χ4n) is 2.08. The molecule has 0 N–H and O–H groups in total. The van der Waals surface area contributed by atoms with Crippen LogP contribution in [0.3, 0.4) is 0 Å². The quantitative estimate of drug-likeness (QED) is 0.796. The van der Waals surface area contributed by atoms with Gasteiger partial charge in [-0.05, 0) is 19.1 Å². The lowest BCUT2D eigenvalue weighted by atomic mass is 9.90. The summed E-state index contributed by atoms with van der Waals surface area (Å²) in [5, 5.41) is 0. The Hall–Kier alpha value is -0.910. The maximum atomic E-state index is 12.0. The average molecular weight is 312 g/mol. The zero-order valence-electron chi connectivity index (χ0n) is 13.4. The largest absolute Gasteiger partial charge is 0.461 e. The Kier molecular flexibility index (Phi) is 4.76. The number of rotatable bonds is 4. The van der Waals surface area contributed by atoms with Gasteiger partial charge in [-0.25, -0.2) is 4.79 Å². The van der Waals surface area contributed by atoms with Crippen molar-refractivity contribution in [1.29, 1.82) is 0 Å². The maximum absolute atomic E-state index is 12.0. The summed E-state index contributed by atoms with van der Waals surface area (Å²) in [6, 6.07) is 3.72. The Morgan fingerprint density at radius 2 is 2.00 bits per heavy atom. The van der Waals surface area contributed by atoms with Gasteiger partial charge in [0.25, 0.3) is 0 Å². The molecule has 2 heterocycles.